The van der Waals surface area contributed by atoms with Gasteiger partial charge in [0.15, 0.2) is 0 Å². The minimum absolute atomic E-state index is 0.159. The standard InChI is InChI=1S/C18H29FN2/c1-3-9-17(21-13-7-8-14-21)18(20,12-4-2)15-10-5-6-11-16(15)19/h5-6,10-11,17H,3-4,7-9,12-14,20H2,1-2H3. The first-order valence-corrected chi connectivity index (χ1v) is 8.41. The van der Waals surface area contributed by atoms with Gasteiger partial charge in [0.2, 0.25) is 0 Å². The lowest BCUT2D eigenvalue weighted by molar-refractivity contribution is 0.123. The maximum Gasteiger partial charge on any atom is 0.128 e. The van der Waals surface area contributed by atoms with Crippen molar-refractivity contribution in [1.29, 1.82) is 0 Å². The fourth-order valence-electron chi connectivity index (χ4n) is 3.83. The highest BCUT2D eigenvalue weighted by molar-refractivity contribution is 5.28. The summed E-state index contributed by atoms with van der Waals surface area (Å²) in [5, 5.41) is 0. The smallest absolute Gasteiger partial charge is 0.128 e. The molecule has 1 aliphatic heterocycles. The first kappa shape index (κ1) is 16.4. The van der Waals surface area contributed by atoms with Gasteiger partial charge < -0.3 is 5.73 Å². The lowest BCUT2D eigenvalue weighted by Crippen LogP contribution is -2.56. The zero-order valence-electron chi connectivity index (χ0n) is 13.4. The molecule has 0 aliphatic carbocycles. The summed E-state index contributed by atoms with van der Waals surface area (Å²) in [5.74, 6) is -0.159. The van der Waals surface area contributed by atoms with Gasteiger partial charge in [0, 0.05) is 11.6 Å². The van der Waals surface area contributed by atoms with Crippen molar-refractivity contribution < 1.29 is 4.39 Å². The van der Waals surface area contributed by atoms with Crippen LogP contribution in [-0.2, 0) is 5.54 Å². The van der Waals surface area contributed by atoms with E-state index in [0.29, 0.717) is 5.56 Å². The molecule has 0 spiro atoms. The molecular formula is C18H29FN2. The summed E-state index contributed by atoms with van der Waals surface area (Å²) < 4.78 is 14.4. The van der Waals surface area contributed by atoms with Gasteiger partial charge in [-0.2, -0.15) is 0 Å². The van der Waals surface area contributed by atoms with Gasteiger partial charge in [0.25, 0.3) is 0 Å². The summed E-state index contributed by atoms with van der Waals surface area (Å²) >= 11 is 0. The van der Waals surface area contributed by atoms with Gasteiger partial charge >= 0.3 is 0 Å². The number of benzene rings is 1. The summed E-state index contributed by atoms with van der Waals surface area (Å²) in [6.07, 6.45) is 6.39. The van der Waals surface area contributed by atoms with Gasteiger partial charge in [0.1, 0.15) is 5.82 Å². The third kappa shape index (κ3) is 3.46. The minimum atomic E-state index is -0.583. The zero-order chi connectivity index (χ0) is 15.3. The van der Waals surface area contributed by atoms with Crippen LogP contribution in [0.15, 0.2) is 24.3 Å². The molecule has 0 bridgehead atoms. The van der Waals surface area contributed by atoms with Crippen LogP contribution in [0.1, 0.15) is 57.9 Å². The van der Waals surface area contributed by atoms with Crippen LogP contribution >= 0.6 is 0 Å². The van der Waals surface area contributed by atoms with Crippen LogP contribution in [0.4, 0.5) is 4.39 Å². The van der Waals surface area contributed by atoms with Gasteiger partial charge in [0.05, 0.1) is 5.54 Å². The normalized spacial score (nSPS) is 20.4. The zero-order valence-corrected chi connectivity index (χ0v) is 13.4. The second kappa shape index (κ2) is 7.37. The Labute approximate surface area is 128 Å². The minimum Gasteiger partial charge on any atom is -0.320 e. The van der Waals surface area contributed by atoms with Crippen LogP contribution in [0.25, 0.3) is 0 Å². The topological polar surface area (TPSA) is 29.3 Å². The van der Waals surface area contributed by atoms with Gasteiger partial charge in [-0.15, -0.1) is 0 Å². The van der Waals surface area contributed by atoms with Crippen molar-refractivity contribution in [3.05, 3.63) is 35.6 Å². The second-order valence-corrected chi connectivity index (χ2v) is 6.32. The van der Waals surface area contributed by atoms with Crippen molar-refractivity contribution in [1.82, 2.24) is 4.90 Å². The number of likely N-dealkylation sites (tertiary alicyclic amines) is 1. The van der Waals surface area contributed by atoms with Crippen LogP contribution in [0.3, 0.4) is 0 Å². The van der Waals surface area contributed by atoms with Gasteiger partial charge in [-0.05, 0) is 44.8 Å². The number of nitrogens with two attached hydrogens (primary N) is 1. The Bertz CT molecular complexity index is 443. The Hall–Kier alpha value is -0.930. The van der Waals surface area contributed by atoms with Gasteiger partial charge in [-0.3, -0.25) is 4.90 Å². The van der Waals surface area contributed by atoms with Crippen LogP contribution in [-0.4, -0.2) is 24.0 Å². The first-order chi connectivity index (χ1) is 10.1. The summed E-state index contributed by atoms with van der Waals surface area (Å²) in [5.41, 5.74) is 6.97. The van der Waals surface area contributed by atoms with E-state index in [1.54, 1.807) is 12.1 Å². The van der Waals surface area contributed by atoms with Crippen LogP contribution < -0.4 is 5.73 Å². The summed E-state index contributed by atoms with van der Waals surface area (Å²) in [6, 6.07) is 7.31. The number of hydrogen-bond acceptors (Lipinski definition) is 2. The predicted molar refractivity (Wildman–Crippen MR) is 86.7 cm³/mol. The molecule has 1 heterocycles. The highest BCUT2D eigenvalue weighted by Gasteiger charge is 2.41. The van der Waals surface area contributed by atoms with Crippen LogP contribution in [0.2, 0.25) is 0 Å². The van der Waals surface area contributed by atoms with E-state index in [-0.39, 0.29) is 11.9 Å². The average molecular weight is 292 g/mol. The lowest BCUT2D eigenvalue weighted by atomic mass is 9.77. The molecule has 1 fully saturated rings. The van der Waals surface area contributed by atoms with Gasteiger partial charge in [-0.25, -0.2) is 4.39 Å². The Morgan fingerprint density at radius 2 is 1.86 bits per heavy atom. The monoisotopic (exact) mass is 292 g/mol. The molecule has 118 valence electrons. The molecule has 0 radical (unpaired) electrons. The summed E-state index contributed by atoms with van der Waals surface area (Å²) in [4.78, 5) is 2.49. The number of nitrogens with zero attached hydrogens (tertiary/aromatic N) is 1. The number of rotatable bonds is 7. The molecule has 0 saturated carbocycles. The highest BCUT2D eigenvalue weighted by atomic mass is 19.1. The molecule has 1 saturated heterocycles. The Kier molecular flexibility index (Phi) is 5.77. The van der Waals surface area contributed by atoms with E-state index in [4.69, 9.17) is 5.73 Å². The molecule has 1 aromatic carbocycles. The van der Waals surface area contributed by atoms with Gasteiger partial charge in [-0.1, -0.05) is 44.9 Å². The largest absolute Gasteiger partial charge is 0.320 e. The Balaban J connectivity index is 2.39. The molecular weight excluding hydrogens is 263 g/mol. The molecule has 2 unspecified atom stereocenters. The van der Waals surface area contributed by atoms with Crippen molar-refractivity contribution in [3.8, 4) is 0 Å². The molecule has 2 rings (SSSR count). The average Bonchev–Trinajstić information content (AvgIpc) is 2.99. The Morgan fingerprint density at radius 1 is 1.19 bits per heavy atom. The van der Waals surface area contributed by atoms with Crippen LogP contribution in [0.5, 0.6) is 0 Å². The first-order valence-electron chi connectivity index (χ1n) is 8.41. The van der Waals surface area contributed by atoms with Crippen LogP contribution in [0, 0.1) is 5.82 Å². The van der Waals surface area contributed by atoms with E-state index in [0.717, 1.165) is 38.8 Å². The van der Waals surface area contributed by atoms with E-state index in [1.165, 1.54) is 12.8 Å². The number of hydrogen-bond donors (Lipinski definition) is 1. The fraction of sp³-hybridized carbons (Fsp3) is 0.667. The quantitative estimate of drug-likeness (QED) is 0.821. The third-order valence-electron chi connectivity index (χ3n) is 4.78. The summed E-state index contributed by atoms with van der Waals surface area (Å²) in [7, 11) is 0. The molecule has 1 aliphatic rings. The molecule has 2 N–H and O–H groups in total. The molecule has 2 atom stereocenters. The molecule has 1 aromatic rings. The molecule has 21 heavy (non-hydrogen) atoms. The Morgan fingerprint density at radius 3 is 2.43 bits per heavy atom. The summed E-state index contributed by atoms with van der Waals surface area (Å²) in [6.45, 7) is 6.52. The van der Waals surface area contributed by atoms with Crippen molar-refractivity contribution in [2.24, 2.45) is 5.73 Å². The maximum absolute atomic E-state index is 14.4. The third-order valence-corrected chi connectivity index (χ3v) is 4.78. The van der Waals surface area contributed by atoms with E-state index < -0.39 is 5.54 Å². The van der Waals surface area contributed by atoms with E-state index in [2.05, 4.69) is 18.7 Å². The van der Waals surface area contributed by atoms with Crippen molar-refractivity contribution >= 4 is 0 Å². The lowest BCUT2D eigenvalue weighted by Gasteiger charge is -2.43. The molecule has 0 amide bonds. The predicted octanol–water partition coefficient (Wildman–Crippen LogP) is 4.04. The fourth-order valence-corrected chi connectivity index (χ4v) is 3.83. The van der Waals surface area contributed by atoms with E-state index in [9.17, 15) is 4.39 Å². The molecule has 3 heteroatoms. The second-order valence-electron chi connectivity index (χ2n) is 6.32. The highest BCUT2D eigenvalue weighted by Crippen LogP contribution is 2.36. The van der Waals surface area contributed by atoms with E-state index in [1.807, 2.05) is 12.1 Å². The van der Waals surface area contributed by atoms with Crippen molar-refractivity contribution in [2.75, 3.05) is 13.1 Å². The molecule has 2 nitrogen and oxygen atoms in total. The maximum atomic E-state index is 14.4. The number of halogens is 1. The molecule has 0 aromatic heterocycles. The van der Waals surface area contributed by atoms with Crippen molar-refractivity contribution in [2.45, 2.75) is 64.0 Å². The van der Waals surface area contributed by atoms with Crippen molar-refractivity contribution in [3.63, 3.8) is 0 Å². The van der Waals surface area contributed by atoms with E-state index >= 15 is 0 Å². The SMILES string of the molecule is CCCC(N1CCCC1)C(N)(CCC)c1ccccc1F.